The van der Waals surface area contributed by atoms with E-state index >= 15 is 0 Å². The van der Waals surface area contributed by atoms with Crippen molar-refractivity contribution in [2.75, 3.05) is 6.54 Å². The lowest BCUT2D eigenvalue weighted by Crippen LogP contribution is -2.26. The van der Waals surface area contributed by atoms with Crippen molar-refractivity contribution < 1.29 is 23.5 Å². The molecule has 18 heavy (non-hydrogen) atoms. The Kier molecular flexibility index (Phi) is 3.27. The molecular weight excluding hydrogens is 244 g/mol. The molecule has 1 heterocycles. The van der Waals surface area contributed by atoms with Crippen molar-refractivity contribution in [2.24, 2.45) is 5.92 Å². The largest absolute Gasteiger partial charge is 0.481 e. The van der Waals surface area contributed by atoms with Crippen molar-refractivity contribution in [3.05, 3.63) is 35.4 Å². The maximum Gasteiger partial charge on any atom is 0.308 e. The lowest BCUT2D eigenvalue weighted by Gasteiger charge is -2.16. The minimum Gasteiger partial charge on any atom is -0.481 e. The summed E-state index contributed by atoms with van der Waals surface area (Å²) in [6, 6.07) is 3.45. The summed E-state index contributed by atoms with van der Waals surface area (Å²) in [5.41, 5.74) is -0.211. The van der Waals surface area contributed by atoms with Gasteiger partial charge in [0.25, 0.3) is 0 Å². The molecule has 0 aliphatic carbocycles. The summed E-state index contributed by atoms with van der Waals surface area (Å²) >= 11 is 0. The fourth-order valence-corrected chi connectivity index (χ4v) is 1.96. The number of likely N-dealkylation sites (tertiary alicyclic amines) is 1. The summed E-state index contributed by atoms with van der Waals surface area (Å²) in [6.07, 6.45) is -0.120. The molecule has 0 radical (unpaired) electrons. The van der Waals surface area contributed by atoms with Crippen LogP contribution in [0.2, 0.25) is 0 Å². The second kappa shape index (κ2) is 4.72. The predicted molar refractivity (Wildman–Crippen MR) is 57.5 cm³/mol. The first kappa shape index (κ1) is 12.5. The zero-order valence-electron chi connectivity index (χ0n) is 9.40. The molecule has 1 fully saturated rings. The number of carbonyl (C=O) groups excluding carboxylic acids is 1. The van der Waals surface area contributed by atoms with Crippen LogP contribution in [0, 0.1) is 17.6 Å². The topological polar surface area (TPSA) is 57.6 Å². The molecule has 1 aromatic carbocycles. The Labute approximate surface area is 102 Å². The van der Waals surface area contributed by atoms with Crippen LogP contribution in [0.4, 0.5) is 8.78 Å². The standard InChI is InChI=1S/C12H11F2NO3/c13-9-2-1-3-10(14)8(9)6-15-5-7(12(17)18)4-11(15)16/h1-3,7H,4-6H2,(H,17,18)/t7-/m1/s1. The summed E-state index contributed by atoms with van der Waals surface area (Å²) < 4.78 is 26.8. The van der Waals surface area contributed by atoms with Gasteiger partial charge in [0.1, 0.15) is 11.6 Å². The molecule has 96 valence electrons. The predicted octanol–water partition coefficient (Wildman–Crippen LogP) is 1.40. The highest BCUT2D eigenvalue weighted by molar-refractivity contribution is 5.86. The van der Waals surface area contributed by atoms with Crippen LogP contribution in [0.15, 0.2) is 18.2 Å². The molecule has 6 heteroatoms. The van der Waals surface area contributed by atoms with E-state index in [1.165, 1.54) is 11.0 Å². The average molecular weight is 255 g/mol. The third-order valence-corrected chi connectivity index (χ3v) is 2.97. The lowest BCUT2D eigenvalue weighted by atomic mass is 10.1. The number of halogens is 2. The van der Waals surface area contributed by atoms with Crippen molar-refractivity contribution in [1.82, 2.24) is 4.90 Å². The second-order valence-corrected chi connectivity index (χ2v) is 4.21. The zero-order chi connectivity index (χ0) is 13.3. The number of carboxylic acid groups (broad SMARTS) is 1. The smallest absolute Gasteiger partial charge is 0.308 e. The molecule has 1 atom stereocenters. The van der Waals surface area contributed by atoms with Crippen LogP contribution in [0.3, 0.4) is 0 Å². The lowest BCUT2D eigenvalue weighted by molar-refractivity contribution is -0.141. The zero-order valence-corrected chi connectivity index (χ0v) is 9.40. The van der Waals surface area contributed by atoms with E-state index < -0.39 is 29.4 Å². The number of aliphatic carboxylic acids is 1. The third kappa shape index (κ3) is 2.32. The van der Waals surface area contributed by atoms with E-state index in [2.05, 4.69) is 0 Å². The number of carbonyl (C=O) groups is 2. The molecule has 4 nitrogen and oxygen atoms in total. The van der Waals surface area contributed by atoms with Gasteiger partial charge in [0.15, 0.2) is 0 Å². The van der Waals surface area contributed by atoms with Gasteiger partial charge < -0.3 is 10.0 Å². The van der Waals surface area contributed by atoms with Crippen LogP contribution >= 0.6 is 0 Å². The van der Waals surface area contributed by atoms with Crippen molar-refractivity contribution in [2.45, 2.75) is 13.0 Å². The van der Waals surface area contributed by atoms with Gasteiger partial charge in [-0.15, -0.1) is 0 Å². The number of hydrogen-bond donors (Lipinski definition) is 1. The second-order valence-electron chi connectivity index (χ2n) is 4.21. The van der Waals surface area contributed by atoms with E-state index in [1.54, 1.807) is 0 Å². The SMILES string of the molecule is O=C(O)[C@@H]1CC(=O)N(Cc2c(F)cccc2F)C1. The van der Waals surface area contributed by atoms with Gasteiger partial charge in [-0.3, -0.25) is 9.59 Å². The highest BCUT2D eigenvalue weighted by Gasteiger charge is 2.34. The molecule has 1 amide bonds. The fourth-order valence-electron chi connectivity index (χ4n) is 1.96. The van der Waals surface area contributed by atoms with E-state index in [9.17, 15) is 18.4 Å². The fraction of sp³-hybridized carbons (Fsp3) is 0.333. The Bertz CT molecular complexity index is 484. The van der Waals surface area contributed by atoms with Crippen molar-refractivity contribution >= 4 is 11.9 Å². The number of benzene rings is 1. The van der Waals surface area contributed by atoms with E-state index in [0.717, 1.165) is 12.1 Å². The Morgan fingerprint density at radius 2 is 2.00 bits per heavy atom. The normalized spacial score (nSPS) is 19.3. The number of nitrogens with zero attached hydrogens (tertiary/aromatic N) is 1. The van der Waals surface area contributed by atoms with Crippen LogP contribution in [0.1, 0.15) is 12.0 Å². The molecule has 0 spiro atoms. The molecule has 1 aromatic rings. The highest BCUT2D eigenvalue weighted by Crippen LogP contribution is 2.22. The van der Waals surface area contributed by atoms with Crippen LogP contribution in [0.25, 0.3) is 0 Å². The van der Waals surface area contributed by atoms with Crippen LogP contribution in [0.5, 0.6) is 0 Å². The third-order valence-electron chi connectivity index (χ3n) is 2.97. The van der Waals surface area contributed by atoms with Crippen LogP contribution < -0.4 is 0 Å². The summed E-state index contributed by atoms with van der Waals surface area (Å²) in [7, 11) is 0. The first-order valence-electron chi connectivity index (χ1n) is 5.42. The Balaban J connectivity index is 2.15. The minimum absolute atomic E-state index is 0.0120. The Morgan fingerprint density at radius 3 is 2.50 bits per heavy atom. The Hall–Kier alpha value is -1.98. The molecule has 1 saturated heterocycles. The summed E-state index contributed by atoms with van der Waals surface area (Å²) in [6.45, 7) is -0.247. The molecule has 0 unspecified atom stereocenters. The maximum absolute atomic E-state index is 13.4. The number of amides is 1. The van der Waals surface area contributed by atoms with Gasteiger partial charge in [-0.05, 0) is 12.1 Å². The van der Waals surface area contributed by atoms with E-state index in [4.69, 9.17) is 5.11 Å². The minimum atomic E-state index is -1.07. The van der Waals surface area contributed by atoms with Gasteiger partial charge >= 0.3 is 5.97 Å². The van der Waals surface area contributed by atoms with Crippen molar-refractivity contribution in [3.63, 3.8) is 0 Å². The molecule has 1 aliphatic heterocycles. The average Bonchev–Trinajstić information content (AvgIpc) is 2.66. The van der Waals surface area contributed by atoms with Gasteiger partial charge in [0.2, 0.25) is 5.91 Å². The van der Waals surface area contributed by atoms with Crippen molar-refractivity contribution in [1.29, 1.82) is 0 Å². The first-order valence-corrected chi connectivity index (χ1v) is 5.42. The molecule has 0 aromatic heterocycles. The molecule has 2 rings (SSSR count). The van der Waals surface area contributed by atoms with Gasteiger partial charge in [-0.25, -0.2) is 8.78 Å². The number of hydrogen-bond acceptors (Lipinski definition) is 2. The first-order chi connectivity index (χ1) is 8.49. The molecule has 1 aliphatic rings. The summed E-state index contributed by atoms with van der Waals surface area (Å²) in [5, 5.41) is 8.80. The molecule has 0 saturated carbocycles. The van der Waals surface area contributed by atoms with E-state index in [1.807, 2.05) is 0 Å². The monoisotopic (exact) mass is 255 g/mol. The van der Waals surface area contributed by atoms with E-state index in [-0.39, 0.29) is 25.1 Å². The molecule has 0 bridgehead atoms. The molecule has 1 N–H and O–H groups in total. The summed E-state index contributed by atoms with van der Waals surface area (Å²) in [4.78, 5) is 23.5. The van der Waals surface area contributed by atoms with Crippen LogP contribution in [-0.2, 0) is 16.1 Å². The number of rotatable bonds is 3. The van der Waals surface area contributed by atoms with Gasteiger partial charge in [-0.2, -0.15) is 0 Å². The quantitative estimate of drug-likeness (QED) is 0.888. The van der Waals surface area contributed by atoms with Crippen molar-refractivity contribution in [3.8, 4) is 0 Å². The Morgan fingerprint density at radius 1 is 1.39 bits per heavy atom. The van der Waals surface area contributed by atoms with Crippen LogP contribution in [-0.4, -0.2) is 28.4 Å². The van der Waals surface area contributed by atoms with Gasteiger partial charge in [0, 0.05) is 18.5 Å². The van der Waals surface area contributed by atoms with Gasteiger partial charge in [-0.1, -0.05) is 6.07 Å². The van der Waals surface area contributed by atoms with E-state index in [0.29, 0.717) is 0 Å². The highest BCUT2D eigenvalue weighted by atomic mass is 19.1. The van der Waals surface area contributed by atoms with Gasteiger partial charge in [0.05, 0.1) is 12.5 Å². The maximum atomic E-state index is 13.4. The number of carboxylic acids is 1. The summed E-state index contributed by atoms with van der Waals surface area (Å²) in [5.74, 6) is -3.74. The molecular formula is C12H11F2NO3.